The lowest BCUT2D eigenvalue weighted by Gasteiger charge is -2.16. The number of amides is 1. The number of nitrogens with one attached hydrogen (secondary N) is 2. The van der Waals surface area contributed by atoms with Crippen molar-refractivity contribution in [1.29, 1.82) is 0 Å². The normalized spacial score (nSPS) is 15.1. The Hall–Kier alpha value is -1.90. The highest BCUT2D eigenvalue weighted by atomic mass is 79.9. The Bertz CT molecular complexity index is 957. The summed E-state index contributed by atoms with van der Waals surface area (Å²) in [5.41, 5.74) is 1.38. The largest absolute Gasteiger partial charge is 0.495 e. The van der Waals surface area contributed by atoms with Crippen LogP contribution >= 0.6 is 15.9 Å². The maximum atomic E-state index is 12.6. The lowest BCUT2D eigenvalue weighted by molar-refractivity contribution is 0.0940. The minimum absolute atomic E-state index is 0.0184. The number of carbonyl (C=O) groups is 1. The van der Waals surface area contributed by atoms with Crippen molar-refractivity contribution in [2.45, 2.75) is 43.2 Å². The Morgan fingerprint density at radius 2 is 1.89 bits per heavy atom. The summed E-state index contributed by atoms with van der Waals surface area (Å²) in [6.45, 7) is 1.91. The molecule has 1 atom stereocenters. The van der Waals surface area contributed by atoms with E-state index < -0.39 is 10.0 Å². The fourth-order valence-corrected chi connectivity index (χ4v) is 4.61. The fraction of sp³-hybridized carbons (Fsp3) is 0.350. The number of ether oxygens (including phenoxy) is 1. The molecule has 0 aliphatic heterocycles. The van der Waals surface area contributed by atoms with Crippen LogP contribution in [0.25, 0.3) is 0 Å². The molecule has 150 valence electrons. The smallest absolute Gasteiger partial charge is 0.251 e. The quantitative estimate of drug-likeness (QED) is 0.625. The van der Waals surface area contributed by atoms with E-state index in [4.69, 9.17) is 4.74 Å². The highest BCUT2D eigenvalue weighted by molar-refractivity contribution is 9.10. The van der Waals surface area contributed by atoms with E-state index in [-0.39, 0.29) is 34.2 Å². The molecule has 2 N–H and O–H groups in total. The van der Waals surface area contributed by atoms with Crippen molar-refractivity contribution >= 4 is 31.9 Å². The molecule has 0 bridgehead atoms. The molecule has 28 heavy (non-hydrogen) atoms. The van der Waals surface area contributed by atoms with Crippen molar-refractivity contribution in [3.8, 4) is 5.75 Å². The number of rotatable bonds is 8. The van der Waals surface area contributed by atoms with E-state index in [2.05, 4.69) is 26.0 Å². The lowest BCUT2D eigenvalue weighted by atomic mass is 10.1. The van der Waals surface area contributed by atoms with Crippen molar-refractivity contribution in [3.63, 3.8) is 0 Å². The molecule has 0 spiro atoms. The zero-order chi connectivity index (χ0) is 20.3. The Kier molecular flexibility index (Phi) is 6.42. The topological polar surface area (TPSA) is 84.5 Å². The maximum absolute atomic E-state index is 12.6. The number of methoxy groups -OCH3 is 1. The molecule has 0 heterocycles. The van der Waals surface area contributed by atoms with E-state index in [1.165, 1.54) is 19.2 Å². The standard InChI is InChI=1S/C20H23BrN2O4S/c1-13(11-14-3-6-16(21)7-4-14)22-20(24)15-5-10-18(27-2)19(12-15)28(25,26)23-17-8-9-17/h3-7,10,12-13,17,23H,8-9,11H2,1-2H3,(H,22,24). The molecular weight excluding hydrogens is 444 g/mol. The summed E-state index contributed by atoms with van der Waals surface area (Å²) in [5, 5.41) is 2.92. The molecule has 1 aliphatic carbocycles. The Labute approximate surface area is 173 Å². The first-order chi connectivity index (χ1) is 13.3. The fourth-order valence-electron chi connectivity index (χ4n) is 2.84. The number of carbonyl (C=O) groups excluding carboxylic acids is 1. The van der Waals surface area contributed by atoms with Crippen LogP contribution in [0, 0.1) is 0 Å². The summed E-state index contributed by atoms with van der Waals surface area (Å²) in [6.07, 6.45) is 2.33. The van der Waals surface area contributed by atoms with E-state index in [0.717, 1.165) is 22.9 Å². The van der Waals surface area contributed by atoms with Gasteiger partial charge in [-0.05, 0) is 62.1 Å². The van der Waals surface area contributed by atoms with Gasteiger partial charge < -0.3 is 10.1 Å². The highest BCUT2D eigenvalue weighted by Gasteiger charge is 2.30. The van der Waals surface area contributed by atoms with Gasteiger partial charge in [-0.1, -0.05) is 28.1 Å². The Balaban J connectivity index is 1.74. The van der Waals surface area contributed by atoms with Crippen LogP contribution in [0.2, 0.25) is 0 Å². The van der Waals surface area contributed by atoms with E-state index in [1.807, 2.05) is 31.2 Å². The maximum Gasteiger partial charge on any atom is 0.251 e. The summed E-state index contributed by atoms with van der Waals surface area (Å²) in [4.78, 5) is 12.6. The highest BCUT2D eigenvalue weighted by Crippen LogP contribution is 2.28. The van der Waals surface area contributed by atoms with Gasteiger partial charge in [0, 0.05) is 22.1 Å². The average molecular weight is 467 g/mol. The summed E-state index contributed by atoms with van der Waals surface area (Å²) in [5.74, 6) is -0.109. The van der Waals surface area contributed by atoms with Crippen molar-refractivity contribution < 1.29 is 17.9 Å². The summed E-state index contributed by atoms with van der Waals surface area (Å²) in [7, 11) is -2.33. The Morgan fingerprint density at radius 3 is 2.50 bits per heavy atom. The van der Waals surface area contributed by atoms with Gasteiger partial charge in [-0.25, -0.2) is 13.1 Å². The van der Waals surface area contributed by atoms with Crippen LogP contribution in [-0.4, -0.2) is 33.5 Å². The molecule has 1 unspecified atom stereocenters. The first-order valence-corrected chi connectivity index (χ1v) is 11.3. The van der Waals surface area contributed by atoms with Crippen LogP contribution in [0.4, 0.5) is 0 Å². The summed E-state index contributed by atoms with van der Waals surface area (Å²) in [6, 6.07) is 12.2. The van der Waals surface area contributed by atoms with E-state index in [1.54, 1.807) is 6.07 Å². The van der Waals surface area contributed by atoms with Crippen molar-refractivity contribution in [2.24, 2.45) is 0 Å². The van der Waals surface area contributed by atoms with Crippen molar-refractivity contribution in [2.75, 3.05) is 7.11 Å². The van der Waals surface area contributed by atoms with Crippen molar-refractivity contribution in [3.05, 3.63) is 58.1 Å². The van der Waals surface area contributed by atoms with Gasteiger partial charge in [0.05, 0.1) is 7.11 Å². The van der Waals surface area contributed by atoms with E-state index in [0.29, 0.717) is 6.42 Å². The first-order valence-electron chi connectivity index (χ1n) is 9.04. The second-order valence-corrected chi connectivity index (χ2v) is 9.56. The van der Waals surface area contributed by atoms with Gasteiger partial charge in [0.1, 0.15) is 10.6 Å². The summed E-state index contributed by atoms with van der Waals surface area (Å²) < 4.78 is 34.0. The number of sulfonamides is 1. The zero-order valence-corrected chi connectivity index (χ0v) is 18.1. The number of hydrogen-bond acceptors (Lipinski definition) is 4. The molecule has 1 aliphatic rings. The zero-order valence-electron chi connectivity index (χ0n) is 15.7. The van der Waals surface area contributed by atoms with Crippen LogP contribution in [0.15, 0.2) is 51.8 Å². The summed E-state index contributed by atoms with van der Waals surface area (Å²) >= 11 is 3.40. The van der Waals surface area contributed by atoms with Crippen LogP contribution in [0.5, 0.6) is 5.75 Å². The van der Waals surface area contributed by atoms with Gasteiger partial charge in [-0.2, -0.15) is 0 Å². The molecule has 1 amide bonds. The van der Waals surface area contributed by atoms with Gasteiger partial charge >= 0.3 is 0 Å². The van der Waals surface area contributed by atoms with Crippen molar-refractivity contribution in [1.82, 2.24) is 10.0 Å². The number of benzene rings is 2. The molecule has 0 aromatic heterocycles. The minimum atomic E-state index is -3.74. The third-order valence-corrected chi connectivity index (χ3v) is 6.52. The van der Waals surface area contributed by atoms with Crippen LogP contribution in [0.1, 0.15) is 35.7 Å². The first kappa shape index (κ1) is 20.8. The predicted molar refractivity (Wildman–Crippen MR) is 111 cm³/mol. The van der Waals surface area contributed by atoms with Gasteiger partial charge in [0.15, 0.2) is 0 Å². The third kappa shape index (κ3) is 5.33. The Morgan fingerprint density at radius 1 is 1.21 bits per heavy atom. The van der Waals surface area contributed by atoms with Gasteiger partial charge in [-0.3, -0.25) is 4.79 Å². The lowest BCUT2D eigenvalue weighted by Crippen LogP contribution is -2.34. The molecule has 0 saturated heterocycles. The second kappa shape index (κ2) is 8.63. The molecule has 0 radical (unpaired) electrons. The number of hydrogen-bond donors (Lipinski definition) is 2. The van der Waals surface area contributed by atoms with E-state index in [9.17, 15) is 13.2 Å². The minimum Gasteiger partial charge on any atom is -0.495 e. The average Bonchev–Trinajstić information content (AvgIpc) is 3.46. The second-order valence-electron chi connectivity index (χ2n) is 6.97. The van der Waals surface area contributed by atoms with Crippen LogP contribution < -0.4 is 14.8 Å². The SMILES string of the molecule is COc1ccc(C(=O)NC(C)Cc2ccc(Br)cc2)cc1S(=O)(=O)NC1CC1. The molecule has 1 saturated carbocycles. The molecule has 6 nitrogen and oxygen atoms in total. The van der Waals surface area contributed by atoms with E-state index >= 15 is 0 Å². The monoisotopic (exact) mass is 466 g/mol. The van der Waals surface area contributed by atoms with Crippen LogP contribution in [0.3, 0.4) is 0 Å². The number of halogens is 1. The molecule has 2 aromatic carbocycles. The molecule has 3 rings (SSSR count). The molecular formula is C20H23BrN2O4S. The molecule has 1 fully saturated rings. The third-order valence-electron chi connectivity index (χ3n) is 4.45. The predicted octanol–water partition coefficient (Wildman–Crippen LogP) is 3.26. The van der Waals surface area contributed by atoms with Gasteiger partial charge in [-0.15, -0.1) is 0 Å². The van der Waals surface area contributed by atoms with Gasteiger partial charge in [0.2, 0.25) is 10.0 Å². The van der Waals surface area contributed by atoms with Crippen LogP contribution in [-0.2, 0) is 16.4 Å². The molecule has 8 heteroatoms. The molecule has 2 aromatic rings. The van der Waals surface area contributed by atoms with Gasteiger partial charge in [0.25, 0.3) is 5.91 Å².